The first-order chi connectivity index (χ1) is 14.0. The average molecular weight is 437 g/mol. The Hall–Kier alpha value is -2.01. The maximum absolute atomic E-state index is 12.7. The van der Waals surface area contributed by atoms with Crippen molar-refractivity contribution in [2.24, 2.45) is 0 Å². The summed E-state index contributed by atoms with van der Waals surface area (Å²) in [5.41, 5.74) is 0.654. The van der Waals surface area contributed by atoms with E-state index in [0.29, 0.717) is 36.2 Å². The first-order valence-corrected chi connectivity index (χ1v) is 12.0. The first-order valence-electron chi connectivity index (χ1n) is 9.70. The molecule has 0 aliphatic carbocycles. The number of nitrogens with one attached hydrogen (secondary N) is 1. The van der Waals surface area contributed by atoms with Crippen molar-refractivity contribution >= 4 is 38.8 Å². The molecule has 2 aromatic rings. The van der Waals surface area contributed by atoms with Crippen molar-refractivity contribution in [2.75, 3.05) is 49.6 Å². The molecule has 29 heavy (non-hydrogen) atoms. The Kier molecular flexibility index (Phi) is 6.14. The van der Waals surface area contributed by atoms with Crippen molar-refractivity contribution in [1.29, 1.82) is 0 Å². The fraction of sp³-hybridized carbons (Fsp3) is 0.474. The van der Waals surface area contributed by atoms with Gasteiger partial charge in [0, 0.05) is 37.3 Å². The molecule has 0 atom stereocenters. The summed E-state index contributed by atoms with van der Waals surface area (Å²) in [5, 5.41) is 2.92. The van der Waals surface area contributed by atoms with Crippen LogP contribution in [-0.2, 0) is 26.0 Å². The molecule has 8 nitrogen and oxygen atoms in total. The van der Waals surface area contributed by atoms with Crippen LogP contribution in [0.3, 0.4) is 0 Å². The maximum Gasteiger partial charge on any atom is 0.252 e. The van der Waals surface area contributed by atoms with E-state index in [9.17, 15) is 13.2 Å². The molecule has 0 spiro atoms. The second-order valence-electron chi connectivity index (χ2n) is 7.03. The lowest BCUT2D eigenvalue weighted by Gasteiger charge is -2.29. The largest absolute Gasteiger partial charge is 0.378 e. The third kappa shape index (κ3) is 4.61. The van der Waals surface area contributed by atoms with Crippen LogP contribution in [0.5, 0.6) is 0 Å². The Morgan fingerprint density at radius 1 is 1.14 bits per heavy atom. The summed E-state index contributed by atoms with van der Waals surface area (Å²) in [4.78, 5) is 19.8. The maximum atomic E-state index is 12.7. The van der Waals surface area contributed by atoms with Crippen molar-refractivity contribution in [1.82, 2.24) is 9.29 Å². The number of carbonyl (C=O) groups is 1. The monoisotopic (exact) mass is 436 g/mol. The Morgan fingerprint density at radius 2 is 1.90 bits per heavy atom. The van der Waals surface area contributed by atoms with E-state index in [1.807, 2.05) is 6.07 Å². The number of anilines is 2. The van der Waals surface area contributed by atoms with Gasteiger partial charge in [0.2, 0.25) is 5.91 Å². The molecule has 4 heterocycles. The topological polar surface area (TPSA) is 91.8 Å². The number of thiophene rings is 1. The van der Waals surface area contributed by atoms with Crippen LogP contribution < -0.4 is 10.2 Å². The Balaban J connectivity index is 1.43. The fourth-order valence-electron chi connectivity index (χ4n) is 3.52. The lowest BCUT2D eigenvalue weighted by molar-refractivity contribution is -0.115. The highest BCUT2D eigenvalue weighted by atomic mass is 32.2. The second kappa shape index (κ2) is 8.78. The zero-order valence-electron chi connectivity index (χ0n) is 16.0. The summed E-state index contributed by atoms with van der Waals surface area (Å²) < 4.78 is 32.5. The number of carbonyl (C=O) groups excluding carboxylic acids is 1. The van der Waals surface area contributed by atoms with Crippen LogP contribution in [0.25, 0.3) is 0 Å². The number of aromatic nitrogens is 1. The highest BCUT2D eigenvalue weighted by molar-refractivity contribution is 7.91. The lowest BCUT2D eigenvalue weighted by atomic mass is 10.3. The Labute approximate surface area is 174 Å². The van der Waals surface area contributed by atoms with Crippen LogP contribution in [0.4, 0.5) is 11.5 Å². The van der Waals surface area contributed by atoms with E-state index in [4.69, 9.17) is 4.74 Å². The minimum absolute atomic E-state index is 0.123. The number of hydrogen-bond acceptors (Lipinski definition) is 7. The van der Waals surface area contributed by atoms with Gasteiger partial charge in [-0.3, -0.25) is 4.79 Å². The number of ether oxygens (including phenoxy) is 1. The van der Waals surface area contributed by atoms with Gasteiger partial charge in [0.15, 0.2) is 5.82 Å². The quantitative estimate of drug-likeness (QED) is 0.744. The van der Waals surface area contributed by atoms with E-state index in [0.717, 1.165) is 48.0 Å². The van der Waals surface area contributed by atoms with Crippen molar-refractivity contribution < 1.29 is 17.9 Å². The molecule has 2 aliphatic rings. The van der Waals surface area contributed by atoms with E-state index in [2.05, 4.69) is 15.2 Å². The van der Waals surface area contributed by atoms with Gasteiger partial charge >= 0.3 is 0 Å². The number of pyridine rings is 1. The van der Waals surface area contributed by atoms with Crippen molar-refractivity contribution in [3.8, 4) is 0 Å². The van der Waals surface area contributed by atoms with E-state index in [1.165, 1.54) is 4.31 Å². The number of morpholine rings is 1. The van der Waals surface area contributed by atoms with Crippen LogP contribution in [0, 0.1) is 0 Å². The number of rotatable bonds is 6. The highest BCUT2D eigenvalue weighted by Gasteiger charge is 2.28. The normalized spacial score (nSPS) is 18.1. The average Bonchev–Trinajstić information content (AvgIpc) is 3.42. The SMILES string of the molecule is O=C(Cc1ccc(S(=O)(=O)N2CCCC2)s1)Nc1cccnc1N1CCOCC1. The standard InChI is InChI=1S/C19H24N4O4S2/c24-17(21-16-4-3-7-20-19(16)22-10-12-27-13-11-22)14-15-5-6-18(28-15)29(25,26)23-8-1-2-9-23/h3-7H,1-2,8-14H2,(H,21,24). The van der Waals surface area contributed by atoms with E-state index < -0.39 is 10.0 Å². The molecular formula is C19H24N4O4S2. The van der Waals surface area contributed by atoms with Gasteiger partial charge in [0.25, 0.3) is 10.0 Å². The molecule has 0 radical (unpaired) electrons. The molecule has 2 saturated heterocycles. The Morgan fingerprint density at radius 3 is 2.66 bits per heavy atom. The van der Waals surface area contributed by atoms with E-state index in [1.54, 1.807) is 24.4 Å². The van der Waals surface area contributed by atoms with Gasteiger partial charge < -0.3 is 15.0 Å². The number of amides is 1. The van der Waals surface area contributed by atoms with Crippen LogP contribution in [-0.4, -0.2) is 63.0 Å². The van der Waals surface area contributed by atoms with E-state index >= 15 is 0 Å². The summed E-state index contributed by atoms with van der Waals surface area (Å²) in [6.07, 6.45) is 3.62. The summed E-state index contributed by atoms with van der Waals surface area (Å²) in [6.45, 7) is 3.86. The van der Waals surface area contributed by atoms with Crippen LogP contribution in [0.1, 0.15) is 17.7 Å². The summed E-state index contributed by atoms with van der Waals surface area (Å²) in [6, 6.07) is 6.93. The molecule has 2 aromatic heterocycles. The third-order valence-electron chi connectivity index (χ3n) is 5.00. The van der Waals surface area contributed by atoms with Crippen molar-refractivity contribution in [3.05, 3.63) is 35.3 Å². The summed E-state index contributed by atoms with van der Waals surface area (Å²) in [5.74, 6) is 0.534. The van der Waals surface area contributed by atoms with Gasteiger partial charge in [-0.05, 0) is 37.1 Å². The van der Waals surface area contributed by atoms with Crippen molar-refractivity contribution in [3.63, 3.8) is 0 Å². The minimum Gasteiger partial charge on any atom is -0.378 e. The van der Waals surface area contributed by atoms with Gasteiger partial charge in [-0.2, -0.15) is 4.31 Å². The fourth-order valence-corrected chi connectivity index (χ4v) is 6.55. The van der Waals surface area contributed by atoms with Gasteiger partial charge in [-0.15, -0.1) is 11.3 Å². The number of nitrogens with zero attached hydrogens (tertiary/aromatic N) is 3. The van der Waals surface area contributed by atoms with Crippen LogP contribution in [0.15, 0.2) is 34.7 Å². The zero-order valence-corrected chi connectivity index (χ0v) is 17.7. The smallest absolute Gasteiger partial charge is 0.252 e. The van der Waals surface area contributed by atoms with Gasteiger partial charge in [-0.25, -0.2) is 13.4 Å². The summed E-state index contributed by atoms with van der Waals surface area (Å²) >= 11 is 1.16. The van der Waals surface area contributed by atoms with Crippen LogP contribution in [0.2, 0.25) is 0 Å². The van der Waals surface area contributed by atoms with Gasteiger partial charge in [0.1, 0.15) is 4.21 Å². The first kappa shape index (κ1) is 20.3. The molecular weight excluding hydrogens is 412 g/mol. The molecule has 1 N–H and O–H groups in total. The predicted octanol–water partition coefficient (Wildman–Crippen LogP) is 1.95. The second-order valence-corrected chi connectivity index (χ2v) is 10.4. The molecule has 0 unspecified atom stereocenters. The third-order valence-corrected chi connectivity index (χ3v) is 8.45. The Bertz CT molecular complexity index is 964. The molecule has 2 fully saturated rings. The molecule has 0 bridgehead atoms. The molecule has 0 saturated carbocycles. The minimum atomic E-state index is -3.44. The zero-order chi connectivity index (χ0) is 20.3. The molecule has 156 valence electrons. The molecule has 4 rings (SSSR count). The number of sulfonamides is 1. The molecule has 1 amide bonds. The summed E-state index contributed by atoms with van der Waals surface area (Å²) in [7, 11) is -3.44. The van der Waals surface area contributed by atoms with Crippen molar-refractivity contribution in [2.45, 2.75) is 23.5 Å². The molecule has 2 aliphatic heterocycles. The van der Waals surface area contributed by atoms with Crippen LogP contribution >= 0.6 is 11.3 Å². The van der Waals surface area contributed by atoms with E-state index in [-0.39, 0.29) is 12.3 Å². The van der Waals surface area contributed by atoms with Gasteiger partial charge in [-0.1, -0.05) is 0 Å². The molecule has 0 aromatic carbocycles. The lowest BCUT2D eigenvalue weighted by Crippen LogP contribution is -2.37. The molecule has 10 heteroatoms. The highest BCUT2D eigenvalue weighted by Crippen LogP contribution is 2.28. The number of hydrogen-bond donors (Lipinski definition) is 1. The predicted molar refractivity (Wildman–Crippen MR) is 112 cm³/mol. The van der Waals surface area contributed by atoms with Gasteiger partial charge in [0.05, 0.1) is 25.3 Å².